The molecule has 0 aromatic heterocycles. The summed E-state index contributed by atoms with van der Waals surface area (Å²) < 4.78 is 14.0. The van der Waals surface area contributed by atoms with E-state index in [4.69, 9.17) is 0 Å². The number of hydrogen-bond acceptors (Lipinski definition) is 2. The SMILES string of the molecule is CC1(C)C(O)CC1NC(=O)c1c(F)cccc1Br. The Morgan fingerprint density at radius 1 is 1.56 bits per heavy atom. The van der Waals surface area contributed by atoms with E-state index in [1.807, 2.05) is 13.8 Å². The molecule has 18 heavy (non-hydrogen) atoms. The molecule has 2 N–H and O–H groups in total. The van der Waals surface area contributed by atoms with Crippen molar-refractivity contribution in [3.63, 3.8) is 0 Å². The van der Waals surface area contributed by atoms with Crippen molar-refractivity contribution in [1.82, 2.24) is 5.32 Å². The highest BCUT2D eigenvalue weighted by molar-refractivity contribution is 9.10. The molecule has 2 unspecified atom stereocenters. The van der Waals surface area contributed by atoms with Gasteiger partial charge in [0.05, 0.1) is 11.7 Å². The van der Waals surface area contributed by atoms with Gasteiger partial charge in [0.1, 0.15) is 5.82 Å². The van der Waals surface area contributed by atoms with E-state index in [1.165, 1.54) is 12.1 Å². The highest BCUT2D eigenvalue weighted by Crippen LogP contribution is 2.40. The molecule has 1 aliphatic carbocycles. The molecular formula is C13H15BrFNO2. The van der Waals surface area contributed by atoms with Gasteiger partial charge >= 0.3 is 0 Å². The third kappa shape index (κ3) is 2.17. The van der Waals surface area contributed by atoms with Crippen LogP contribution in [0.1, 0.15) is 30.6 Å². The van der Waals surface area contributed by atoms with E-state index in [0.717, 1.165) is 0 Å². The second-order valence-electron chi connectivity index (χ2n) is 5.20. The predicted molar refractivity (Wildman–Crippen MR) is 69.8 cm³/mol. The first-order valence-electron chi connectivity index (χ1n) is 5.77. The number of aliphatic hydroxyl groups is 1. The second-order valence-corrected chi connectivity index (χ2v) is 6.05. The monoisotopic (exact) mass is 315 g/mol. The third-order valence-corrected chi connectivity index (χ3v) is 4.37. The number of halogens is 2. The Balaban J connectivity index is 2.14. The summed E-state index contributed by atoms with van der Waals surface area (Å²) in [5.74, 6) is -1.01. The molecule has 2 atom stereocenters. The lowest BCUT2D eigenvalue weighted by atomic mass is 9.64. The van der Waals surface area contributed by atoms with Crippen molar-refractivity contribution in [1.29, 1.82) is 0 Å². The summed E-state index contributed by atoms with van der Waals surface area (Å²) in [5, 5.41) is 12.4. The number of rotatable bonds is 2. The molecular weight excluding hydrogens is 301 g/mol. The van der Waals surface area contributed by atoms with Crippen molar-refractivity contribution >= 4 is 21.8 Å². The average Bonchev–Trinajstić information content (AvgIpc) is 2.28. The summed E-state index contributed by atoms with van der Waals surface area (Å²) in [6, 6.07) is 4.28. The number of hydrogen-bond donors (Lipinski definition) is 2. The number of amides is 1. The van der Waals surface area contributed by atoms with E-state index in [0.29, 0.717) is 10.9 Å². The largest absolute Gasteiger partial charge is 0.392 e. The maximum absolute atomic E-state index is 13.6. The van der Waals surface area contributed by atoms with Gasteiger partial charge in [0, 0.05) is 15.9 Å². The normalized spacial score (nSPS) is 25.4. The molecule has 0 bridgehead atoms. The summed E-state index contributed by atoms with van der Waals surface area (Å²) in [5.41, 5.74) is -0.359. The van der Waals surface area contributed by atoms with Gasteiger partial charge in [-0.15, -0.1) is 0 Å². The number of carbonyl (C=O) groups excluding carboxylic acids is 1. The van der Waals surface area contributed by atoms with Gasteiger partial charge in [0.25, 0.3) is 5.91 Å². The molecule has 0 aliphatic heterocycles. The van der Waals surface area contributed by atoms with E-state index in [-0.39, 0.29) is 17.0 Å². The molecule has 1 saturated carbocycles. The van der Waals surface area contributed by atoms with Crippen molar-refractivity contribution in [3.05, 3.63) is 34.1 Å². The molecule has 2 rings (SSSR count). The Morgan fingerprint density at radius 2 is 2.22 bits per heavy atom. The zero-order valence-electron chi connectivity index (χ0n) is 10.2. The summed E-state index contributed by atoms with van der Waals surface area (Å²) in [6.45, 7) is 3.75. The van der Waals surface area contributed by atoms with Gasteiger partial charge in [-0.05, 0) is 34.5 Å². The minimum Gasteiger partial charge on any atom is -0.392 e. The minimum atomic E-state index is -0.556. The van der Waals surface area contributed by atoms with E-state index in [9.17, 15) is 14.3 Å². The fraction of sp³-hybridized carbons (Fsp3) is 0.462. The van der Waals surface area contributed by atoms with Gasteiger partial charge in [-0.2, -0.15) is 0 Å². The molecule has 0 saturated heterocycles. The van der Waals surface area contributed by atoms with E-state index >= 15 is 0 Å². The van der Waals surface area contributed by atoms with Crippen molar-refractivity contribution in [2.45, 2.75) is 32.4 Å². The molecule has 1 fully saturated rings. The highest BCUT2D eigenvalue weighted by atomic mass is 79.9. The van der Waals surface area contributed by atoms with Gasteiger partial charge in [0.15, 0.2) is 0 Å². The van der Waals surface area contributed by atoms with Crippen LogP contribution in [0.4, 0.5) is 4.39 Å². The standard InChI is InChI=1S/C13H15BrFNO2/c1-13(2)9(6-10(13)17)16-12(18)11-7(14)4-3-5-8(11)15/h3-5,9-10,17H,6H2,1-2H3,(H,16,18). The lowest BCUT2D eigenvalue weighted by molar-refractivity contribution is -0.0689. The van der Waals surface area contributed by atoms with Crippen LogP contribution in [0, 0.1) is 11.2 Å². The molecule has 5 heteroatoms. The average molecular weight is 316 g/mol. The maximum atomic E-state index is 13.6. The zero-order valence-corrected chi connectivity index (χ0v) is 11.8. The van der Waals surface area contributed by atoms with Gasteiger partial charge in [-0.25, -0.2) is 4.39 Å². The van der Waals surface area contributed by atoms with Crippen LogP contribution >= 0.6 is 15.9 Å². The Hall–Kier alpha value is -0.940. The van der Waals surface area contributed by atoms with Crippen molar-refractivity contribution < 1.29 is 14.3 Å². The Labute approximate surface area is 114 Å². The van der Waals surface area contributed by atoms with Crippen LogP contribution in [-0.2, 0) is 0 Å². The number of nitrogens with one attached hydrogen (secondary N) is 1. The number of aliphatic hydroxyl groups excluding tert-OH is 1. The van der Waals surface area contributed by atoms with Crippen LogP contribution in [0.15, 0.2) is 22.7 Å². The minimum absolute atomic E-state index is 0.00897. The van der Waals surface area contributed by atoms with E-state index in [2.05, 4.69) is 21.2 Å². The zero-order chi connectivity index (χ0) is 13.5. The van der Waals surface area contributed by atoms with Gasteiger partial charge in [-0.1, -0.05) is 19.9 Å². The first-order valence-corrected chi connectivity index (χ1v) is 6.56. The van der Waals surface area contributed by atoms with Gasteiger partial charge in [-0.3, -0.25) is 4.79 Å². The quantitative estimate of drug-likeness (QED) is 0.881. The first kappa shape index (κ1) is 13.5. The number of carbonyl (C=O) groups is 1. The smallest absolute Gasteiger partial charge is 0.255 e. The summed E-state index contributed by atoms with van der Waals surface area (Å²) in [6.07, 6.45) is 0.0806. The van der Waals surface area contributed by atoms with Crippen LogP contribution in [0.3, 0.4) is 0 Å². The van der Waals surface area contributed by atoms with E-state index < -0.39 is 17.8 Å². The van der Waals surface area contributed by atoms with Crippen molar-refractivity contribution in [2.24, 2.45) is 5.41 Å². The Morgan fingerprint density at radius 3 is 2.72 bits per heavy atom. The van der Waals surface area contributed by atoms with Crippen molar-refractivity contribution in [2.75, 3.05) is 0 Å². The lowest BCUT2D eigenvalue weighted by Crippen LogP contribution is -2.61. The third-order valence-electron chi connectivity index (χ3n) is 3.71. The lowest BCUT2D eigenvalue weighted by Gasteiger charge is -2.49. The molecule has 0 radical (unpaired) electrons. The van der Waals surface area contributed by atoms with Crippen LogP contribution in [-0.4, -0.2) is 23.2 Å². The fourth-order valence-electron chi connectivity index (χ4n) is 2.09. The molecule has 0 heterocycles. The van der Waals surface area contributed by atoms with Crippen LogP contribution in [0.25, 0.3) is 0 Å². The summed E-state index contributed by atoms with van der Waals surface area (Å²) in [4.78, 5) is 12.0. The van der Waals surface area contributed by atoms with Crippen LogP contribution < -0.4 is 5.32 Å². The van der Waals surface area contributed by atoms with E-state index in [1.54, 1.807) is 6.07 Å². The summed E-state index contributed by atoms with van der Waals surface area (Å²) >= 11 is 3.17. The molecule has 1 aliphatic rings. The van der Waals surface area contributed by atoms with Crippen LogP contribution in [0.2, 0.25) is 0 Å². The van der Waals surface area contributed by atoms with Gasteiger partial charge < -0.3 is 10.4 Å². The fourth-order valence-corrected chi connectivity index (χ4v) is 2.61. The van der Waals surface area contributed by atoms with Crippen LogP contribution in [0.5, 0.6) is 0 Å². The molecule has 1 amide bonds. The molecule has 1 aromatic rings. The molecule has 0 spiro atoms. The Kier molecular flexibility index (Phi) is 3.47. The van der Waals surface area contributed by atoms with Crippen molar-refractivity contribution in [3.8, 4) is 0 Å². The second kappa shape index (κ2) is 4.63. The predicted octanol–water partition coefficient (Wildman–Crippen LogP) is 2.48. The molecule has 98 valence electrons. The first-order chi connectivity index (χ1) is 8.34. The molecule has 3 nitrogen and oxygen atoms in total. The highest BCUT2D eigenvalue weighted by Gasteiger charge is 2.48. The van der Waals surface area contributed by atoms with Gasteiger partial charge in [0.2, 0.25) is 0 Å². The summed E-state index contributed by atoms with van der Waals surface area (Å²) in [7, 11) is 0. The molecule has 1 aromatic carbocycles. The Bertz CT molecular complexity index is 470. The number of benzene rings is 1. The maximum Gasteiger partial charge on any atom is 0.255 e. The topological polar surface area (TPSA) is 49.3 Å².